The lowest BCUT2D eigenvalue weighted by Crippen LogP contribution is -2.43. The summed E-state index contributed by atoms with van der Waals surface area (Å²) in [6.45, 7) is 7.69. The Morgan fingerprint density at radius 1 is 1.40 bits per heavy atom. The summed E-state index contributed by atoms with van der Waals surface area (Å²) >= 11 is 0. The molecule has 4 heteroatoms. The fourth-order valence-corrected chi connectivity index (χ4v) is 1.27. The number of ether oxygens (including phenoxy) is 3. The maximum absolute atomic E-state index is 11.6. The van der Waals surface area contributed by atoms with E-state index >= 15 is 0 Å². The number of carbonyl (C=O) groups is 1. The SMILES string of the molecule is CO/C=C1\C(=O)O[C@H](C(C)(C)C)O[C@@H]1C. The van der Waals surface area contributed by atoms with Crippen molar-refractivity contribution >= 4 is 5.97 Å². The van der Waals surface area contributed by atoms with Gasteiger partial charge in [0.25, 0.3) is 0 Å². The first kappa shape index (κ1) is 12.0. The van der Waals surface area contributed by atoms with Crippen molar-refractivity contribution < 1.29 is 19.0 Å². The molecule has 0 amide bonds. The lowest BCUT2D eigenvalue weighted by atomic mass is 9.95. The lowest BCUT2D eigenvalue weighted by Gasteiger charge is -2.36. The first-order valence-electron chi connectivity index (χ1n) is 4.95. The Morgan fingerprint density at radius 3 is 2.40 bits per heavy atom. The van der Waals surface area contributed by atoms with Crippen LogP contribution < -0.4 is 0 Å². The van der Waals surface area contributed by atoms with Gasteiger partial charge in [0.2, 0.25) is 6.29 Å². The van der Waals surface area contributed by atoms with Crippen LogP contribution in [0.1, 0.15) is 27.7 Å². The third kappa shape index (κ3) is 2.72. The molecule has 0 aliphatic carbocycles. The van der Waals surface area contributed by atoms with Gasteiger partial charge in [0.15, 0.2) is 0 Å². The zero-order valence-electron chi connectivity index (χ0n) is 9.87. The van der Waals surface area contributed by atoms with Gasteiger partial charge in [-0.15, -0.1) is 0 Å². The van der Waals surface area contributed by atoms with Crippen LogP contribution in [0.4, 0.5) is 0 Å². The van der Waals surface area contributed by atoms with Crippen LogP contribution >= 0.6 is 0 Å². The largest absolute Gasteiger partial charge is 0.504 e. The summed E-state index contributed by atoms with van der Waals surface area (Å²) in [6, 6.07) is 0. The summed E-state index contributed by atoms with van der Waals surface area (Å²) in [4.78, 5) is 11.6. The zero-order valence-corrected chi connectivity index (χ0v) is 9.87. The molecule has 1 heterocycles. The molecule has 2 atom stereocenters. The number of esters is 1. The second kappa shape index (κ2) is 4.23. The maximum atomic E-state index is 11.6. The predicted octanol–water partition coefficient (Wildman–Crippen LogP) is 1.85. The topological polar surface area (TPSA) is 44.8 Å². The summed E-state index contributed by atoms with van der Waals surface area (Å²) in [6.07, 6.45) is 0.565. The predicted molar refractivity (Wildman–Crippen MR) is 55.0 cm³/mol. The molecule has 0 aromatic heterocycles. The van der Waals surface area contributed by atoms with E-state index in [-0.39, 0.29) is 17.5 Å². The van der Waals surface area contributed by atoms with Gasteiger partial charge in [-0.1, -0.05) is 20.8 Å². The number of hydrogen-bond acceptors (Lipinski definition) is 4. The molecular formula is C11H18O4. The number of carbonyl (C=O) groups excluding carboxylic acids is 1. The molecule has 0 unspecified atom stereocenters. The minimum atomic E-state index is -0.506. The van der Waals surface area contributed by atoms with Crippen LogP contribution in [-0.4, -0.2) is 25.5 Å². The van der Waals surface area contributed by atoms with Gasteiger partial charge < -0.3 is 14.2 Å². The first-order chi connectivity index (χ1) is 6.86. The summed E-state index contributed by atoms with van der Waals surface area (Å²) in [7, 11) is 1.49. The quantitative estimate of drug-likeness (QED) is 0.379. The Labute approximate surface area is 90.2 Å². The van der Waals surface area contributed by atoms with E-state index in [0.29, 0.717) is 5.57 Å². The number of cyclic esters (lactones) is 1. The smallest absolute Gasteiger partial charge is 0.342 e. The van der Waals surface area contributed by atoms with E-state index in [2.05, 4.69) is 0 Å². The fourth-order valence-electron chi connectivity index (χ4n) is 1.27. The standard InChI is InChI=1S/C11H18O4/c1-7-8(6-13-5)9(12)15-10(14-7)11(2,3)4/h6-7,10H,1-5H3/b8-6-/t7-,10-/m1/s1. The maximum Gasteiger partial charge on any atom is 0.342 e. The van der Waals surface area contributed by atoms with Crippen LogP contribution in [0.25, 0.3) is 0 Å². The van der Waals surface area contributed by atoms with Gasteiger partial charge in [-0.3, -0.25) is 0 Å². The fraction of sp³-hybridized carbons (Fsp3) is 0.727. The van der Waals surface area contributed by atoms with Crippen molar-refractivity contribution in [3.63, 3.8) is 0 Å². The average Bonchev–Trinajstić information content (AvgIpc) is 2.09. The van der Waals surface area contributed by atoms with Gasteiger partial charge in [-0.2, -0.15) is 0 Å². The highest BCUT2D eigenvalue weighted by molar-refractivity contribution is 5.89. The Bertz CT molecular complexity index is 275. The molecule has 0 radical (unpaired) electrons. The summed E-state index contributed by atoms with van der Waals surface area (Å²) in [5.74, 6) is -0.365. The van der Waals surface area contributed by atoms with Gasteiger partial charge >= 0.3 is 5.97 Å². The molecule has 0 N–H and O–H groups in total. The van der Waals surface area contributed by atoms with E-state index in [4.69, 9.17) is 14.2 Å². The van der Waals surface area contributed by atoms with Gasteiger partial charge in [0.05, 0.1) is 19.5 Å². The molecular weight excluding hydrogens is 196 g/mol. The molecule has 0 saturated carbocycles. The number of rotatable bonds is 1. The molecule has 1 aliphatic rings. The third-order valence-corrected chi connectivity index (χ3v) is 2.17. The molecule has 0 aromatic carbocycles. The molecule has 0 spiro atoms. The van der Waals surface area contributed by atoms with Crippen molar-refractivity contribution in [2.45, 2.75) is 40.1 Å². The normalized spacial score (nSPS) is 30.2. The van der Waals surface area contributed by atoms with Crippen LogP contribution in [0.15, 0.2) is 11.8 Å². The Morgan fingerprint density at radius 2 is 2.00 bits per heavy atom. The minimum absolute atomic E-state index is 0.220. The Balaban J connectivity index is 2.80. The van der Waals surface area contributed by atoms with E-state index in [1.54, 1.807) is 0 Å². The van der Waals surface area contributed by atoms with Gasteiger partial charge in [0, 0.05) is 5.41 Å². The van der Waals surface area contributed by atoms with Crippen molar-refractivity contribution in [2.75, 3.05) is 7.11 Å². The average molecular weight is 214 g/mol. The zero-order chi connectivity index (χ0) is 11.6. The van der Waals surface area contributed by atoms with E-state index in [9.17, 15) is 4.79 Å². The van der Waals surface area contributed by atoms with E-state index < -0.39 is 6.29 Å². The minimum Gasteiger partial charge on any atom is -0.504 e. The van der Waals surface area contributed by atoms with Crippen LogP contribution in [0, 0.1) is 5.41 Å². The first-order valence-corrected chi connectivity index (χ1v) is 4.95. The van der Waals surface area contributed by atoms with Gasteiger partial charge in [-0.25, -0.2) is 4.79 Å². The molecule has 0 bridgehead atoms. The van der Waals surface area contributed by atoms with Crippen molar-refractivity contribution in [3.8, 4) is 0 Å². The highest BCUT2D eigenvalue weighted by Gasteiger charge is 2.38. The van der Waals surface area contributed by atoms with Crippen molar-refractivity contribution in [1.29, 1.82) is 0 Å². The van der Waals surface area contributed by atoms with Crippen LogP contribution in [-0.2, 0) is 19.0 Å². The lowest BCUT2D eigenvalue weighted by molar-refractivity contribution is -0.226. The molecule has 0 aromatic rings. The molecule has 1 rings (SSSR count). The molecule has 1 aliphatic heterocycles. The van der Waals surface area contributed by atoms with E-state index in [1.807, 2.05) is 27.7 Å². The second-order valence-electron chi connectivity index (χ2n) is 4.69. The Hall–Kier alpha value is -1.03. The summed E-state index contributed by atoms with van der Waals surface area (Å²) in [5, 5.41) is 0. The number of hydrogen-bond donors (Lipinski definition) is 0. The molecule has 15 heavy (non-hydrogen) atoms. The highest BCUT2D eigenvalue weighted by atomic mass is 16.7. The van der Waals surface area contributed by atoms with Crippen molar-refractivity contribution in [3.05, 3.63) is 11.8 Å². The summed E-state index contributed by atoms with van der Waals surface area (Å²) in [5.41, 5.74) is 0.195. The molecule has 1 saturated heterocycles. The van der Waals surface area contributed by atoms with Crippen molar-refractivity contribution in [2.24, 2.45) is 5.41 Å². The second-order valence-corrected chi connectivity index (χ2v) is 4.69. The van der Waals surface area contributed by atoms with E-state index in [1.165, 1.54) is 13.4 Å². The Kier molecular flexibility index (Phi) is 3.39. The van der Waals surface area contributed by atoms with Crippen LogP contribution in [0.3, 0.4) is 0 Å². The third-order valence-electron chi connectivity index (χ3n) is 2.17. The van der Waals surface area contributed by atoms with Crippen LogP contribution in [0.2, 0.25) is 0 Å². The van der Waals surface area contributed by atoms with Crippen molar-refractivity contribution in [1.82, 2.24) is 0 Å². The molecule has 4 nitrogen and oxygen atoms in total. The van der Waals surface area contributed by atoms with Crippen LogP contribution in [0.5, 0.6) is 0 Å². The number of methoxy groups -OCH3 is 1. The van der Waals surface area contributed by atoms with E-state index in [0.717, 1.165) is 0 Å². The molecule has 1 fully saturated rings. The molecule has 86 valence electrons. The van der Waals surface area contributed by atoms with Gasteiger partial charge in [0.1, 0.15) is 5.57 Å². The summed E-state index contributed by atoms with van der Waals surface area (Å²) < 4.78 is 15.6. The van der Waals surface area contributed by atoms with Gasteiger partial charge in [-0.05, 0) is 6.92 Å². The highest BCUT2D eigenvalue weighted by Crippen LogP contribution is 2.30. The monoisotopic (exact) mass is 214 g/mol.